The van der Waals surface area contributed by atoms with Crippen LogP contribution in [0.1, 0.15) is 39.6 Å². The molecule has 2 aliphatic rings. The van der Waals surface area contributed by atoms with E-state index < -0.39 is 6.10 Å². The fraction of sp³-hybridized carbons (Fsp3) is 0.375. The fourth-order valence-electron chi connectivity index (χ4n) is 4.36. The molecule has 1 aromatic heterocycles. The van der Waals surface area contributed by atoms with Crippen molar-refractivity contribution in [1.82, 2.24) is 14.4 Å². The SMILES string of the molecule is COC(C(=O)N1CCc2c(cn(C)c(=O)c2C(=O)N2CC=CCC2)C1)c1ccccc1. The van der Waals surface area contributed by atoms with E-state index in [9.17, 15) is 14.4 Å². The standard InChI is InChI=1S/C24H27N3O4/c1-25-15-18-16-27(24(30)21(31-2)17-9-5-3-6-10-17)14-11-19(18)20(22(25)28)23(29)26-12-7-4-8-13-26/h3-7,9-10,15,21H,8,11-14,16H2,1-2H3. The highest BCUT2D eigenvalue weighted by molar-refractivity contribution is 5.96. The molecule has 1 unspecified atom stereocenters. The number of rotatable bonds is 4. The highest BCUT2D eigenvalue weighted by Crippen LogP contribution is 2.26. The molecule has 3 heterocycles. The number of pyridine rings is 1. The monoisotopic (exact) mass is 421 g/mol. The first-order valence-electron chi connectivity index (χ1n) is 10.5. The normalized spacial score (nSPS) is 16.7. The molecule has 0 spiro atoms. The zero-order chi connectivity index (χ0) is 22.0. The van der Waals surface area contributed by atoms with Crippen molar-refractivity contribution in [2.75, 3.05) is 26.7 Å². The first kappa shape index (κ1) is 21.1. The van der Waals surface area contributed by atoms with E-state index >= 15 is 0 Å². The lowest BCUT2D eigenvalue weighted by Crippen LogP contribution is -2.44. The minimum absolute atomic E-state index is 0.123. The largest absolute Gasteiger partial charge is 0.367 e. The van der Waals surface area contributed by atoms with Crippen molar-refractivity contribution < 1.29 is 14.3 Å². The van der Waals surface area contributed by atoms with Crippen LogP contribution in [0.5, 0.6) is 0 Å². The van der Waals surface area contributed by atoms with Crippen molar-refractivity contribution in [1.29, 1.82) is 0 Å². The quantitative estimate of drug-likeness (QED) is 0.709. The number of aryl methyl sites for hydroxylation is 1. The van der Waals surface area contributed by atoms with Gasteiger partial charge in [-0.15, -0.1) is 0 Å². The second-order valence-corrected chi connectivity index (χ2v) is 7.97. The molecule has 0 N–H and O–H groups in total. The summed E-state index contributed by atoms with van der Waals surface area (Å²) in [5.41, 5.74) is 2.36. The van der Waals surface area contributed by atoms with Gasteiger partial charge in [0, 0.05) is 46.5 Å². The van der Waals surface area contributed by atoms with Crippen LogP contribution in [0.15, 0.2) is 53.5 Å². The van der Waals surface area contributed by atoms with Crippen LogP contribution in [-0.2, 0) is 29.5 Å². The van der Waals surface area contributed by atoms with Crippen LogP contribution in [-0.4, -0.2) is 52.9 Å². The smallest absolute Gasteiger partial charge is 0.263 e. The summed E-state index contributed by atoms with van der Waals surface area (Å²) in [6, 6.07) is 9.40. The van der Waals surface area contributed by atoms with Crippen LogP contribution in [0.4, 0.5) is 0 Å². The Bertz CT molecular complexity index is 1070. The van der Waals surface area contributed by atoms with E-state index in [1.165, 1.54) is 11.7 Å². The lowest BCUT2D eigenvalue weighted by molar-refractivity contribution is -0.143. The number of hydrogen-bond donors (Lipinski definition) is 0. The van der Waals surface area contributed by atoms with Gasteiger partial charge in [-0.2, -0.15) is 0 Å². The molecule has 2 amide bonds. The molecule has 0 aliphatic carbocycles. The maximum absolute atomic E-state index is 13.2. The molecule has 0 radical (unpaired) electrons. The Morgan fingerprint density at radius 2 is 1.84 bits per heavy atom. The van der Waals surface area contributed by atoms with Gasteiger partial charge in [-0.25, -0.2) is 0 Å². The van der Waals surface area contributed by atoms with Crippen molar-refractivity contribution in [3.63, 3.8) is 0 Å². The number of nitrogens with zero attached hydrogens (tertiary/aromatic N) is 3. The minimum atomic E-state index is -0.684. The first-order chi connectivity index (χ1) is 15.0. The van der Waals surface area contributed by atoms with Gasteiger partial charge in [-0.05, 0) is 29.5 Å². The summed E-state index contributed by atoms with van der Waals surface area (Å²) in [6.07, 6.45) is 6.32. The second kappa shape index (κ2) is 8.89. The predicted molar refractivity (Wildman–Crippen MR) is 117 cm³/mol. The molecule has 2 aliphatic heterocycles. The molecule has 31 heavy (non-hydrogen) atoms. The molecule has 0 saturated heterocycles. The van der Waals surface area contributed by atoms with Crippen LogP contribution < -0.4 is 5.56 Å². The molecule has 2 aromatic rings. The number of fused-ring (bicyclic) bond motifs is 1. The number of amides is 2. The van der Waals surface area contributed by atoms with E-state index in [1.807, 2.05) is 42.5 Å². The molecule has 7 heteroatoms. The molecule has 0 fully saturated rings. The van der Waals surface area contributed by atoms with Crippen molar-refractivity contribution in [3.8, 4) is 0 Å². The van der Waals surface area contributed by atoms with Crippen LogP contribution in [0.25, 0.3) is 0 Å². The second-order valence-electron chi connectivity index (χ2n) is 7.97. The van der Waals surface area contributed by atoms with Crippen LogP contribution in [0, 0.1) is 0 Å². The Balaban J connectivity index is 1.63. The fourth-order valence-corrected chi connectivity index (χ4v) is 4.36. The van der Waals surface area contributed by atoms with Crippen LogP contribution >= 0.6 is 0 Å². The maximum atomic E-state index is 13.2. The molecule has 7 nitrogen and oxygen atoms in total. The lowest BCUT2D eigenvalue weighted by atomic mass is 9.95. The predicted octanol–water partition coefficient (Wildman–Crippen LogP) is 2.06. The zero-order valence-corrected chi connectivity index (χ0v) is 17.9. The van der Waals surface area contributed by atoms with Gasteiger partial charge in [0.25, 0.3) is 17.4 Å². The van der Waals surface area contributed by atoms with Gasteiger partial charge in [-0.3, -0.25) is 14.4 Å². The van der Waals surface area contributed by atoms with Crippen LogP contribution in [0.2, 0.25) is 0 Å². The van der Waals surface area contributed by atoms with Gasteiger partial charge in [0.1, 0.15) is 5.56 Å². The molecule has 1 atom stereocenters. The number of ether oxygens (including phenoxy) is 1. The molecule has 1 aromatic carbocycles. The third kappa shape index (κ3) is 4.05. The topological polar surface area (TPSA) is 71.8 Å². The third-order valence-electron chi connectivity index (χ3n) is 6.00. The number of carbonyl (C=O) groups excluding carboxylic acids is 2. The third-order valence-corrected chi connectivity index (χ3v) is 6.00. The average Bonchev–Trinajstić information content (AvgIpc) is 2.81. The molecule has 162 valence electrons. The highest BCUT2D eigenvalue weighted by atomic mass is 16.5. The Kier molecular flexibility index (Phi) is 6.04. The minimum Gasteiger partial charge on any atom is -0.367 e. The number of benzene rings is 1. The van der Waals surface area contributed by atoms with Crippen molar-refractivity contribution >= 4 is 11.8 Å². The number of methoxy groups -OCH3 is 1. The Hall–Kier alpha value is -3.19. The van der Waals surface area contributed by atoms with Crippen molar-refractivity contribution in [2.45, 2.75) is 25.5 Å². The van der Waals surface area contributed by atoms with E-state index in [1.54, 1.807) is 23.0 Å². The maximum Gasteiger partial charge on any atom is 0.263 e. The Morgan fingerprint density at radius 3 is 2.52 bits per heavy atom. The van der Waals surface area contributed by atoms with Gasteiger partial charge in [0.15, 0.2) is 6.10 Å². The summed E-state index contributed by atoms with van der Waals surface area (Å²) in [5, 5.41) is 0. The summed E-state index contributed by atoms with van der Waals surface area (Å²) in [5.74, 6) is -0.345. The summed E-state index contributed by atoms with van der Waals surface area (Å²) in [6.45, 7) is 1.91. The zero-order valence-electron chi connectivity index (χ0n) is 17.9. The molecular weight excluding hydrogens is 394 g/mol. The summed E-state index contributed by atoms with van der Waals surface area (Å²) in [4.78, 5) is 42.7. The van der Waals surface area contributed by atoms with Crippen molar-refractivity contribution in [3.05, 3.63) is 81.3 Å². The Labute approximate surface area is 181 Å². The molecular formula is C24H27N3O4. The molecule has 4 rings (SSSR count). The van der Waals surface area contributed by atoms with E-state index in [-0.39, 0.29) is 22.9 Å². The van der Waals surface area contributed by atoms with E-state index in [0.717, 1.165) is 23.1 Å². The summed E-state index contributed by atoms with van der Waals surface area (Å²) in [7, 11) is 3.18. The van der Waals surface area contributed by atoms with Gasteiger partial charge >= 0.3 is 0 Å². The van der Waals surface area contributed by atoms with E-state index in [4.69, 9.17) is 4.74 Å². The van der Waals surface area contributed by atoms with E-state index in [2.05, 4.69) is 0 Å². The number of carbonyl (C=O) groups is 2. The summed E-state index contributed by atoms with van der Waals surface area (Å²) >= 11 is 0. The molecule has 0 bridgehead atoms. The van der Waals surface area contributed by atoms with Gasteiger partial charge in [0.2, 0.25) is 0 Å². The number of hydrogen-bond acceptors (Lipinski definition) is 4. The lowest BCUT2D eigenvalue weighted by Gasteiger charge is -2.33. The van der Waals surface area contributed by atoms with Gasteiger partial charge < -0.3 is 19.1 Å². The van der Waals surface area contributed by atoms with Gasteiger partial charge in [-0.1, -0.05) is 42.5 Å². The summed E-state index contributed by atoms with van der Waals surface area (Å²) < 4.78 is 6.96. The van der Waals surface area contributed by atoms with Crippen LogP contribution in [0.3, 0.4) is 0 Å². The highest BCUT2D eigenvalue weighted by Gasteiger charge is 2.32. The number of aromatic nitrogens is 1. The van der Waals surface area contributed by atoms with Gasteiger partial charge in [0.05, 0.1) is 0 Å². The first-order valence-corrected chi connectivity index (χ1v) is 10.5. The average molecular weight is 421 g/mol. The van der Waals surface area contributed by atoms with E-state index in [0.29, 0.717) is 32.6 Å². The van der Waals surface area contributed by atoms with Crippen molar-refractivity contribution in [2.24, 2.45) is 7.05 Å². The molecule has 0 saturated carbocycles. The Morgan fingerprint density at radius 1 is 1.06 bits per heavy atom.